The highest BCUT2D eigenvalue weighted by Gasteiger charge is 2.25. The number of nitrogen functional groups attached to an aromatic ring is 1. The lowest BCUT2D eigenvalue weighted by molar-refractivity contribution is 0.0390. The molecule has 0 bridgehead atoms. The third kappa shape index (κ3) is 3.54. The molecule has 3 heterocycles. The fourth-order valence-corrected chi connectivity index (χ4v) is 3.27. The molecule has 27 heavy (non-hydrogen) atoms. The van der Waals surface area contributed by atoms with Gasteiger partial charge in [-0.15, -0.1) is 0 Å². The molecule has 0 amide bonds. The number of nitrogens with zero attached hydrogens (tertiary/aromatic N) is 4. The number of rotatable bonds is 3. The first-order valence-corrected chi connectivity index (χ1v) is 8.82. The number of hydrogen-bond donors (Lipinski definition) is 1. The molecular formula is C20H21N5O2. The second kappa shape index (κ2) is 7.20. The molecule has 1 aliphatic rings. The second-order valence-electron chi connectivity index (χ2n) is 6.55. The van der Waals surface area contributed by atoms with E-state index in [0.29, 0.717) is 37.0 Å². The van der Waals surface area contributed by atoms with E-state index in [1.165, 1.54) is 0 Å². The van der Waals surface area contributed by atoms with Gasteiger partial charge in [-0.2, -0.15) is 0 Å². The highest BCUT2D eigenvalue weighted by Crippen LogP contribution is 2.26. The van der Waals surface area contributed by atoms with Crippen molar-refractivity contribution in [3.63, 3.8) is 0 Å². The van der Waals surface area contributed by atoms with Gasteiger partial charge in [0.2, 0.25) is 5.95 Å². The van der Waals surface area contributed by atoms with Crippen molar-refractivity contribution < 1.29 is 4.74 Å². The van der Waals surface area contributed by atoms with Crippen LogP contribution in [0.15, 0.2) is 59.7 Å². The maximum Gasteiger partial charge on any atom is 0.255 e. The monoisotopic (exact) mass is 363 g/mol. The van der Waals surface area contributed by atoms with Gasteiger partial charge in [0.05, 0.1) is 18.8 Å². The maximum atomic E-state index is 12.5. The van der Waals surface area contributed by atoms with Crippen LogP contribution in [0.5, 0.6) is 0 Å². The molecule has 1 fully saturated rings. The summed E-state index contributed by atoms with van der Waals surface area (Å²) in [6.45, 7) is 1.82. The molecule has 3 aromatic rings. The molecule has 1 aliphatic heterocycles. The maximum absolute atomic E-state index is 12.5. The molecule has 1 saturated heterocycles. The van der Waals surface area contributed by atoms with E-state index in [-0.39, 0.29) is 11.7 Å². The van der Waals surface area contributed by atoms with Crippen molar-refractivity contribution in [2.75, 3.05) is 30.3 Å². The SMILES string of the molecule is Cn1c(N2CCOC(c3cccc(N)c3)C2)nc(-c2ccncc2)cc1=O. The molecule has 1 unspecified atom stereocenters. The molecule has 4 rings (SSSR count). The predicted octanol–water partition coefficient (Wildman–Crippen LogP) is 2.00. The lowest BCUT2D eigenvalue weighted by atomic mass is 10.1. The van der Waals surface area contributed by atoms with Crippen LogP contribution in [-0.4, -0.2) is 34.2 Å². The highest BCUT2D eigenvalue weighted by molar-refractivity contribution is 5.59. The van der Waals surface area contributed by atoms with Gasteiger partial charge >= 0.3 is 0 Å². The van der Waals surface area contributed by atoms with Gasteiger partial charge < -0.3 is 15.4 Å². The number of anilines is 2. The van der Waals surface area contributed by atoms with Gasteiger partial charge in [0.1, 0.15) is 6.10 Å². The Morgan fingerprint density at radius 3 is 2.78 bits per heavy atom. The second-order valence-corrected chi connectivity index (χ2v) is 6.55. The van der Waals surface area contributed by atoms with Gasteiger partial charge in [-0.05, 0) is 29.8 Å². The molecule has 1 atom stereocenters. The molecule has 138 valence electrons. The first kappa shape index (κ1) is 17.2. The fraction of sp³-hybridized carbons (Fsp3) is 0.250. The Morgan fingerprint density at radius 1 is 1.19 bits per heavy atom. The van der Waals surface area contributed by atoms with Crippen molar-refractivity contribution in [3.05, 3.63) is 70.8 Å². The van der Waals surface area contributed by atoms with Crippen molar-refractivity contribution in [1.82, 2.24) is 14.5 Å². The highest BCUT2D eigenvalue weighted by atomic mass is 16.5. The lowest BCUT2D eigenvalue weighted by Gasteiger charge is -2.34. The third-order valence-corrected chi connectivity index (χ3v) is 4.72. The zero-order valence-corrected chi connectivity index (χ0v) is 15.1. The Morgan fingerprint density at radius 2 is 2.00 bits per heavy atom. The Bertz CT molecular complexity index is 1000. The molecule has 0 aliphatic carbocycles. The largest absolute Gasteiger partial charge is 0.399 e. The number of nitrogens with two attached hydrogens (primary N) is 1. The van der Waals surface area contributed by atoms with Crippen molar-refractivity contribution in [1.29, 1.82) is 0 Å². The zero-order valence-electron chi connectivity index (χ0n) is 15.1. The molecule has 7 nitrogen and oxygen atoms in total. The van der Waals surface area contributed by atoms with Crippen LogP contribution in [0.4, 0.5) is 11.6 Å². The van der Waals surface area contributed by atoms with Crippen LogP contribution in [0, 0.1) is 0 Å². The topological polar surface area (TPSA) is 86.3 Å². The van der Waals surface area contributed by atoms with Crippen LogP contribution in [0.2, 0.25) is 0 Å². The first-order valence-electron chi connectivity index (χ1n) is 8.82. The molecular weight excluding hydrogens is 342 g/mol. The van der Waals surface area contributed by atoms with E-state index in [4.69, 9.17) is 15.5 Å². The van der Waals surface area contributed by atoms with Crippen LogP contribution in [0.25, 0.3) is 11.3 Å². The standard InChI is InChI=1S/C20H21N5O2/c1-24-19(26)12-17(14-5-7-22-8-6-14)23-20(24)25-9-10-27-18(13-25)15-3-2-4-16(21)11-15/h2-8,11-12,18H,9-10,13,21H2,1H3. The average Bonchev–Trinajstić information content (AvgIpc) is 2.71. The van der Waals surface area contributed by atoms with Gasteiger partial charge in [-0.1, -0.05) is 12.1 Å². The molecule has 0 saturated carbocycles. The van der Waals surface area contributed by atoms with Crippen LogP contribution in [0.3, 0.4) is 0 Å². The minimum atomic E-state index is -0.122. The summed E-state index contributed by atoms with van der Waals surface area (Å²) in [4.78, 5) is 23.4. The predicted molar refractivity (Wildman–Crippen MR) is 104 cm³/mol. The third-order valence-electron chi connectivity index (χ3n) is 4.72. The normalized spacial score (nSPS) is 17.1. The Labute approximate surface area is 157 Å². The molecule has 0 radical (unpaired) electrons. The minimum absolute atomic E-state index is 0.0983. The summed E-state index contributed by atoms with van der Waals surface area (Å²) in [7, 11) is 1.74. The number of aromatic nitrogens is 3. The molecule has 7 heteroatoms. The van der Waals surface area contributed by atoms with E-state index < -0.39 is 0 Å². The molecule has 2 N–H and O–H groups in total. The number of benzene rings is 1. The Balaban J connectivity index is 1.68. The van der Waals surface area contributed by atoms with Gasteiger partial charge in [0.15, 0.2) is 0 Å². The summed E-state index contributed by atoms with van der Waals surface area (Å²) in [5, 5.41) is 0. The van der Waals surface area contributed by atoms with Gasteiger partial charge in [0.25, 0.3) is 5.56 Å². The number of hydrogen-bond acceptors (Lipinski definition) is 6. The van der Waals surface area contributed by atoms with E-state index in [2.05, 4.69) is 9.88 Å². The lowest BCUT2D eigenvalue weighted by Crippen LogP contribution is -2.41. The summed E-state index contributed by atoms with van der Waals surface area (Å²) in [5.74, 6) is 0.631. The quantitative estimate of drug-likeness (QED) is 0.717. The van der Waals surface area contributed by atoms with Gasteiger partial charge in [-0.25, -0.2) is 4.98 Å². The van der Waals surface area contributed by atoms with E-state index in [0.717, 1.165) is 11.1 Å². The van der Waals surface area contributed by atoms with E-state index in [9.17, 15) is 4.79 Å². The van der Waals surface area contributed by atoms with Crippen molar-refractivity contribution >= 4 is 11.6 Å². The summed E-state index contributed by atoms with van der Waals surface area (Å²) in [6, 6.07) is 13.0. The Kier molecular flexibility index (Phi) is 4.60. The number of morpholine rings is 1. The van der Waals surface area contributed by atoms with E-state index in [1.54, 1.807) is 30.1 Å². The summed E-state index contributed by atoms with van der Waals surface area (Å²) < 4.78 is 7.51. The average molecular weight is 363 g/mol. The fourth-order valence-electron chi connectivity index (χ4n) is 3.27. The van der Waals surface area contributed by atoms with Crippen LogP contribution in [0.1, 0.15) is 11.7 Å². The van der Waals surface area contributed by atoms with Gasteiger partial charge in [-0.3, -0.25) is 14.3 Å². The summed E-state index contributed by atoms with van der Waals surface area (Å²) in [5.41, 5.74) is 9.05. The minimum Gasteiger partial charge on any atom is -0.399 e. The summed E-state index contributed by atoms with van der Waals surface area (Å²) >= 11 is 0. The van der Waals surface area contributed by atoms with Gasteiger partial charge in [0, 0.05) is 43.3 Å². The van der Waals surface area contributed by atoms with Crippen molar-refractivity contribution in [3.8, 4) is 11.3 Å². The van der Waals surface area contributed by atoms with Crippen molar-refractivity contribution in [2.45, 2.75) is 6.10 Å². The zero-order chi connectivity index (χ0) is 18.8. The van der Waals surface area contributed by atoms with Crippen molar-refractivity contribution in [2.24, 2.45) is 7.05 Å². The van der Waals surface area contributed by atoms with E-state index >= 15 is 0 Å². The Hall–Kier alpha value is -3.19. The van der Waals surface area contributed by atoms with E-state index in [1.807, 2.05) is 36.4 Å². The van der Waals surface area contributed by atoms with Crippen LogP contribution in [-0.2, 0) is 11.8 Å². The first-order chi connectivity index (χ1) is 13.1. The molecule has 2 aromatic heterocycles. The van der Waals surface area contributed by atoms with Crippen LogP contribution >= 0.6 is 0 Å². The smallest absolute Gasteiger partial charge is 0.255 e. The molecule has 0 spiro atoms. The molecule has 1 aromatic carbocycles. The number of ether oxygens (including phenoxy) is 1. The summed E-state index contributed by atoms with van der Waals surface area (Å²) in [6.07, 6.45) is 3.26. The number of pyridine rings is 1. The van der Waals surface area contributed by atoms with Crippen LogP contribution < -0.4 is 16.2 Å².